The number of nitrogens with one attached hydrogen (secondary N) is 1. The minimum Gasteiger partial charge on any atom is -0.295 e. The van der Waals surface area contributed by atoms with E-state index in [9.17, 15) is 14.4 Å². The molecule has 0 unspecified atom stereocenters. The van der Waals surface area contributed by atoms with Crippen LogP contribution in [-0.2, 0) is 6.54 Å². The maximum absolute atomic E-state index is 13.1. The van der Waals surface area contributed by atoms with Gasteiger partial charge in [0.2, 0.25) is 0 Å². The molecule has 2 aromatic heterocycles. The Balaban J connectivity index is 1.62. The zero-order valence-corrected chi connectivity index (χ0v) is 18.0. The number of hydrogen-bond acceptors (Lipinski definition) is 5. The van der Waals surface area contributed by atoms with E-state index in [1.807, 2.05) is 37.3 Å². The molecule has 0 bridgehead atoms. The van der Waals surface area contributed by atoms with Crippen molar-refractivity contribution in [3.05, 3.63) is 99.3 Å². The quantitative estimate of drug-likeness (QED) is 0.472. The van der Waals surface area contributed by atoms with Crippen LogP contribution in [0.15, 0.2) is 70.0 Å². The van der Waals surface area contributed by atoms with E-state index in [4.69, 9.17) is 4.52 Å². The maximum atomic E-state index is 13.1. The Morgan fingerprint density at radius 1 is 1.00 bits per heavy atom. The van der Waals surface area contributed by atoms with Crippen LogP contribution in [0.2, 0.25) is 0 Å². The molecule has 0 fully saturated rings. The van der Waals surface area contributed by atoms with Gasteiger partial charge in [0.25, 0.3) is 5.91 Å². The van der Waals surface area contributed by atoms with Gasteiger partial charge < -0.3 is 0 Å². The molecule has 162 valence electrons. The standard InChI is InChI=1S/C24H22N4O4/c1-15-9-7-8-12-19(15)22-26-32-24(31)27(22)14-21(29)20-13-16(2)28(17(20)3)25-23(30)18-10-5-4-6-11-18/h4-13H,14H2,1-3H3,(H,25,30). The number of aryl methyl sites for hydroxylation is 2. The highest BCUT2D eigenvalue weighted by atomic mass is 16.5. The van der Waals surface area contributed by atoms with Crippen LogP contribution >= 0.6 is 0 Å². The molecule has 2 aromatic carbocycles. The third kappa shape index (κ3) is 3.90. The average Bonchev–Trinajstić information content (AvgIpc) is 3.29. The van der Waals surface area contributed by atoms with Gasteiger partial charge in [-0.05, 0) is 44.5 Å². The van der Waals surface area contributed by atoms with Crippen molar-refractivity contribution >= 4 is 11.7 Å². The second-order valence-corrected chi connectivity index (χ2v) is 7.52. The number of benzene rings is 2. The third-order valence-electron chi connectivity index (χ3n) is 5.35. The van der Waals surface area contributed by atoms with Gasteiger partial charge in [-0.15, -0.1) is 0 Å². The van der Waals surface area contributed by atoms with Crippen molar-refractivity contribution in [2.24, 2.45) is 0 Å². The summed E-state index contributed by atoms with van der Waals surface area (Å²) < 4.78 is 7.64. The van der Waals surface area contributed by atoms with E-state index in [2.05, 4.69) is 10.6 Å². The number of hydrogen-bond donors (Lipinski definition) is 1. The van der Waals surface area contributed by atoms with Gasteiger partial charge in [0, 0.05) is 28.1 Å². The van der Waals surface area contributed by atoms with Crippen LogP contribution in [0.4, 0.5) is 0 Å². The van der Waals surface area contributed by atoms with Crippen LogP contribution in [0.1, 0.15) is 37.7 Å². The molecular weight excluding hydrogens is 408 g/mol. The molecule has 0 saturated heterocycles. The molecule has 0 atom stereocenters. The van der Waals surface area contributed by atoms with Crippen molar-refractivity contribution in [3.8, 4) is 11.4 Å². The number of carbonyl (C=O) groups excluding carboxylic acids is 2. The average molecular weight is 430 g/mol. The molecule has 4 aromatic rings. The van der Waals surface area contributed by atoms with Crippen molar-refractivity contribution in [1.82, 2.24) is 14.4 Å². The molecule has 8 nitrogen and oxygen atoms in total. The minimum absolute atomic E-state index is 0.233. The van der Waals surface area contributed by atoms with Gasteiger partial charge in [-0.2, -0.15) is 0 Å². The number of Topliss-reactive ketones (excluding diaryl/α,β-unsaturated/α-hetero) is 1. The van der Waals surface area contributed by atoms with Gasteiger partial charge in [0.15, 0.2) is 11.6 Å². The van der Waals surface area contributed by atoms with Gasteiger partial charge >= 0.3 is 5.76 Å². The first kappa shape index (κ1) is 21.0. The summed E-state index contributed by atoms with van der Waals surface area (Å²) in [5.74, 6) is -0.989. The summed E-state index contributed by atoms with van der Waals surface area (Å²) in [6.07, 6.45) is 0. The molecule has 0 saturated carbocycles. The number of amides is 1. The molecule has 32 heavy (non-hydrogen) atoms. The van der Waals surface area contributed by atoms with E-state index in [0.717, 1.165) is 5.56 Å². The zero-order valence-electron chi connectivity index (χ0n) is 18.0. The Morgan fingerprint density at radius 3 is 2.41 bits per heavy atom. The first-order valence-electron chi connectivity index (χ1n) is 10.1. The first-order valence-corrected chi connectivity index (χ1v) is 10.1. The van der Waals surface area contributed by atoms with Crippen molar-refractivity contribution < 1.29 is 14.1 Å². The zero-order chi connectivity index (χ0) is 22.8. The first-order chi connectivity index (χ1) is 15.4. The topological polar surface area (TPSA) is 99.1 Å². The molecule has 4 rings (SSSR count). The van der Waals surface area contributed by atoms with Crippen LogP contribution in [0.25, 0.3) is 11.4 Å². The predicted octanol–water partition coefficient (Wildman–Crippen LogP) is 3.50. The number of ketones is 1. The molecule has 1 amide bonds. The molecule has 0 spiro atoms. The van der Waals surface area contributed by atoms with Crippen LogP contribution < -0.4 is 11.2 Å². The SMILES string of the molecule is Cc1ccccc1-c1noc(=O)n1CC(=O)c1cc(C)n(NC(=O)c2ccccc2)c1C. The molecule has 0 radical (unpaired) electrons. The lowest BCUT2D eigenvalue weighted by molar-refractivity contribution is 0.0965. The number of nitrogens with zero attached hydrogens (tertiary/aromatic N) is 3. The Hall–Kier alpha value is -4.20. The van der Waals surface area contributed by atoms with E-state index in [-0.39, 0.29) is 18.2 Å². The van der Waals surface area contributed by atoms with E-state index in [1.54, 1.807) is 48.9 Å². The lowest BCUT2D eigenvalue weighted by atomic mass is 10.1. The summed E-state index contributed by atoms with van der Waals surface area (Å²) in [4.78, 5) is 37.9. The molecular formula is C24H22N4O4. The highest BCUT2D eigenvalue weighted by molar-refractivity contribution is 6.01. The summed E-state index contributed by atoms with van der Waals surface area (Å²) in [5.41, 5.74) is 6.60. The summed E-state index contributed by atoms with van der Waals surface area (Å²) >= 11 is 0. The van der Waals surface area contributed by atoms with E-state index in [0.29, 0.717) is 33.9 Å². The van der Waals surface area contributed by atoms with Gasteiger partial charge in [0.05, 0.1) is 6.54 Å². The Labute approximate surface area is 184 Å². The lowest BCUT2D eigenvalue weighted by Gasteiger charge is -2.12. The fraction of sp³-hybridized carbons (Fsp3) is 0.167. The Bertz CT molecular complexity index is 1360. The molecule has 1 N–H and O–H groups in total. The van der Waals surface area contributed by atoms with Gasteiger partial charge in [-0.1, -0.05) is 47.6 Å². The highest BCUT2D eigenvalue weighted by Crippen LogP contribution is 2.21. The van der Waals surface area contributed by atoms with Crippen LogP contribution in [0.3, 0.4) is 0 Å². The Kier molecular flexibility index (Phi) is 5.59. The van der Waals surface area contributed by atoms with Crippen LogP contribution in [-0.4, -0.2) is 26.1 Å². The van der Waals surface area contributed by atoms with Crippen LogP contribution in [0.5, 0.6) is 0 Å². The normalized spacial score (nSPS) is 10.8. The highest BCUT2D eigenvalue weighted by Gasteiger charge is 2.22. The smallest absolute Gasteiger partial charge is 0.295 e. The summed E-state index contributed by atoms with van der Waals surface area (Å²) in [5, 5.41) is 3.87. The molecule has 0 aliphatic heterocycles. The van der Waals surface area contributed by atoms with Crippen molar-refractivity contribution in [2.45, 2.75) is 27.3 Å². The van der Waals surface area contributed by atoms with Crippen molar-refractivity contribution in [1.29, 1.82) is 0 Å². The fourth-order valence-corrected chi connectivity index (χ4v) is 3.63. The number of aromatic nitrogens is 3. The van der Waals surface area contributed by atoms with Gasteiger partial charge in [-0.3, -0.25) is 24.2 Å². The summed E-state index contributed by atoms with van der Waals surface area (Å²) in [6, 6.07) is 17.9. The largest absolute Gasteiger partial charge is 0.442 e. The summed E-state index contributed by atoms with van der Waals surface area (Å²) in [6.45, 7) is 5.19. The van der Waals surface area contributed by atoms with Gasteiger partial charge in [-0.25, -0.2) is 9.36 Å². The van der Waals surface area contributed by atoms with E-state index >= 15 is 0 Å². The van der Waals surface area contributed by atoms with Gasteiger partial charge in [0.1, 0.15) is 0 Å². The minimum atomic E-state index is -0.706. The molecule has 2 heterocycles. The number of carbonyl (C=O) groups is 2. The van der Waals surface area contributed by atoms with Crippen molar-refractivity contribution in [3.63, 3.8) is 0 Å². The van der Waals surface area contributed by atoms with Crippen LogP contribution in [0, 0.1) is 20.8 Å². The second-order valence-electron chi connectivity index (χ2n) is 7.52. The molecule has 0 aliphatic carbocycles. The molecule has 0 aliphatic rings. The monoisotopic (exact) mass is 430 g/mol. The summed E-state index contributed by atoms with van der Waals surface area (Å²) in [7, 11) is 0. The van der Waals surface area contributed by atoms with E-state index < -0.39 is 5.76 Å². The van der Waals surface area contributed by atoms with E-state index in [1.165, 1.54) is 4.57 Å². The predicted molar refractivity (Wildman–Crippen MR) is 119 cm³/mol. The van der Waals surface area contributed by atoms with Crippen molar-refractivity contribution in [2.75, 3.05) is 5.43 Å². The fourth-order valence-electron chi connectivity index (χ4n) is 3.63. The lowest BCUT2D eigenvalue weighted by Crippen LogP contribution is -2.25. The number of rotatable bonds is 6. The molecule has 8 heteroatoms. The maximum Gasteiger partial charge on any atom is 0.442 e. The second kappa shape index (κ2) is 8.50. The Morgan fingerprint density at radius 2 is 1.69 bits per heavy atom. The third-order valence-corrected chi connectivity index (χ3v) is 5.35.